The Hall–Kier alpha value is -1.38. The highest BCUT2D eigenvalue weighted by Gasteiger charge is 2.36. The van der Waals surface area contributed by atoms with Gasteiger partial charge in [-0.15, -0.1) is 0 Å². The zero-order valence-corrected chi connectivity index (χ0v) is 11.2. The molecule has 100 valence electrons. The normalized spacial score (nSPS) is 20.3. The minimum absolute atomic E-state index is 0.293. The van der Waals surface area contributed by atoms with Crippen molar-refractivity contribution >= 4 is 10.8 Å². The summed E-state index contributed by atoms with van der Waals surface area (Å²) in [5, 5.41) is 13.2. The van der Waals surface area contributed by atoms with E-state index in [9.17, 15) is 5.11 Å². The molecule has 0 bridgehead atoms. The predicted molar refractivity (Wildman–Crippen MR) is 78.9 cm³/mol. The molecule has 1 aliphatic carbocycles. The van der Waals surface area contributed by atoms with Gasteiger partial charge in [-0.25, -0.2) is 0 Å². The molecule has 0 aromatic heterocycles. The van der Waals surface area contributed by atoms with Crippen molar-refractivity contribution in [2.45, 2.75) is 43.7 Å². The van der Waals surface area contributed by atoms with Crippen LogP contribution in [-0.2, 0) is 0 Å². The van der Waals surface area contributed by atoms with Gasteiger partial charge >= 0.3 is 0 Å². The molecule has 1 saturated carbocycles. The Kier molecular flexibility index (Phi) is 3.29. The molecule has 2 aromatic rings. The molecular weight excluding hydrogens is 234 g/mol. The molecule has 0 radical (unpaired) electrons. The number of nitrogens with two attached hydrogens (primary N) is 1. The lowest BCUT2D eigenvalue weighted by molar-refractivity contribution is -0.0199. The quantitative estimate of drug-likeness (QED) is 0.862. The minimum atomic E-state index is -0.734. The van der Waals surface area contributed by atoms with Crippen LogP contribution in [0.4, 0.5) is 0 Å². The fourth-order valence-corrected chi connectivity index (χ4v) is 3.29. The van der Waals surface area contributed by atoms with Gasteiger partial charge in [-0.1, -0.05) is 61.7 Å². The molecule has 2 aromatic carbocycles. The Morgan fingerprint density at radius 2 is 1.63 bits per heavy atom. The van der Waals surface area contributed by atoms with Crippen LogP contribution in [0.1, 0.15) is 43.7 Å². The summed E-state index contributed by atoms with van der Waals surface area (Å²) >= 11 is 0. The zero-order chi connectivity index (χ0) is 13.3. The van der Waals surface area contributed by atoms with Crippen LogP contribution in [0.15, 0.2) is 42.5 Å². The summed E-state index contributed by atoms with van der Waals surface area (Å²) in [5.74, 6) is 0. The number of rotatable bonds is 2. The minimum Gasteiger partial charge on any atom is -0.388 e. The smallest absolute Gasteiger partial charge is 0.0839 e. The topological polar surface area (TPSA) is 46.2 Å². The summed E-state index contributed by atoms with van der Waals surface area (Å²) in [6.07, 6.45) is 5.00. The van der Waals surface area contributed by atoms with Gasteiger partial charge in [-0.3, -0.25) is 0 Å². The summed E-state index contributed by atoms with van der Waals surface area (Å²) in [6.45, 7) is 0. The van der Waals surface area contributed by atoms with Crippen LogP contribution in [0.5, 0.6) is 0 Å². The molecule has 0 spiro atoms. The molecule has 1 fully saturated rings. The average molecular weight is 255 g/mol. The second-order valence-electron chi connectivity index (χ2n) is 5.71. The van der Waals surface area contributed by atoms with Crippen molar-refractivity contribution in [2.75, 3.05) is 0 Å². The van der Waals surface area contributed by atoms with Crippen molar-refractivity contribution in [2.24, 2.45) is 5.73 Å². The fraction of sp³-hybridized carbons (Fsp3) is 0.412. The largest absolute Gasteiger partial charge is 0.388 e. The van der Waals surface area contributed by atoms with Gasteiger partial charge in [0.15, 0.2) is 0 Å². The lowest BCUT2D eigenvalue weighted by atomic mass is 9.76. The first-order valence-corrected chi connectivity index (χ1v) is 7.16. The van der Waals surface area contributed by atoms with E-state index in [0.29, 0.717) is 0 Å². The van der Waals surface area contributed by atoms with Crippen LogP contribution in [0.25, 0.3) is 10.8 Å². The van der Waals surface area contributed by atoms with Crippen molar-refractivity contribution < 1.29 is 5.11 Å². The Balaban J connectivity index is 2.03. The Morgan fingerprint density at radius 3 is 2.42 bits per heavy atom. The first-order valence-electron chi connectivity index (χ1n) is 7.16. The molecule has 0 heterocycles. The van der Waals surface area contributed by atoms with Gasteiger partial charge in [0.25, 0.3) is 0 Å². The Labute approximate surface area is 114 Å². The van der Waals surface area contributed by atoms with E-state index >= 15 is 0 Å². The maximum atomic E-state index is 10.8. The van der Waals surface area contributed by atoms with Crippen LogP contribution in [-0.4, -0.2) is 10.7 Å². The first kappa shape index (κ1) is 12.6. The van der Waals surface area contributed by atoms with E-state index in [-0.39, 0.29) is 6.04 Å². The lowest BCUT2D eigenvalue weighted by Gasteiger charge is -2.37. The predicted octanol–water partition coefficient (Wildman–Crippen LogP) is 3.53. The molecule has 2 heteroatoms. The second kappa shape index (κ2) is 4.95. The standard InChI is InChI=1S/C17H21NO/c18-16(17(19)11-4-1-5-12-17)15-10-6-8-13-7-2-3-9-14(13)15/h2-3,6-10,16,19H,1,4-5,11-12,18H2/t16-/m1/s1. The van der Waals surface area contributed by atoms with Gasteiger partial charge in [0, 0.05) is 0 Å². The monoisotopic (exact) mass is 255 g/mol. The van der Waals surface area contributed by atoms with Gasteiger partial charge < -0.3 is 10.8 Å². The van der Waals surface area contributed by atoms with Crippen molar-refractivity contribution in [3.63, 3.8) is 0 Å². The maximum Gasteiger partial charge on any atom is 0.0839 e. The number of benzene rings is 2. The summed E-state index contributed by atoms with van der Waals surface area (Å²) in [5.41, 5.74) is 6.76. The molecule has 1 aliphatic rings. The van der Waals surface area contributed by atoms with E-state index in [2.05, 4.69) is 24.3 Å². The molecule has 0 aliphatic heterocycles. The molecule has 0 unspecified atom stereocenters. The number of aliphatic hydroxyl groups is 1. The molecule has 1 atom stereocenters. The van der Waals surface area contributed by atoms with Crippen molar-refractivity contribution in [1.29, 1.82) is 0 Å². The number of hydrogen-bond donors (Lipinski definition) is 2. The molecule has 0 amide bonds. The number of fused-ring (bicyclic) bond motifs is 1. The van der Waals surface area contributed by atoms with E-state index in [4.69, 9.17) is 5.73 Å². The van der Waals surface area contributed by atoms with Crippen molar-refractivity contribution in [1.82, 2.24) is 0 Å². The average Bonchev–Trinajstić information content (AvgIpc) is 2.47. The molecule has 3 rings (SSSR count). The van der Waals surface area contributed by atoms with Gasteiger partial charge in [0.1, 0.15) is 0 Å². The van der Waals surface area contributed by atoms with Gasteiger partial charge in [0.05, 0.1) is 11.6 Å². The van der Waals surface area contributed by atoms with Gasteiger partial charge in [-0.2, -0.15) is 0 Å². The maximum absolute atomic E-state index is 10.8. The Morgan fingerprint density at radius 1 is 0.947 bits per heavy atom. The van der Waals surface area contributed by atoms with Crippen LogP contribution < -0.4 is 5.73 Å². The van der Waals surface area contributed by atoms with Crippen molar-refractivity contribution in [3.05, 3.63) is 48.0 Å². The zero-order valence-electron chi connectivity index (χ0n) is 11.2. The molecule has 2 nitrogen and oxygen atoms in total. The van der Waals surface area contributed by atoms with Crippen LogP contribution >= 0.6 is 0 Å². The van der Waals surface area contributed by atoms with E-state index in [1.54, 1.807) is 0 Å². The van der Waals surface area contributed by atoms with Crippen LogP contribution in [0.2, 0.25) is 0 Å². The van der Waals surface area contributed by atoms with E-state index in [1.165, 1.54) is 11.8 Å². The third kappa shape index (κ3) is 2.26. The highest BCUT2D eigenvalue weighted by Crippen LogP contribution is 2.38. The highest BCUT2D eigenvalue weighted by molar-refractivity contribution is 5.86. The summed E-state index contributed by atoms with van der Waals surface area (Å²) in [7, 11) is 0. The van der Waals surface area contributed by atoms with Crippen LogP contribution in [0, 0.1) is 0 Å². The number of hydrogen-bond acceptors (Lipinski definition) is 2. The summed E-state index contributed by atoms with van der Waals surface area (Å²) in [6, 6.07) is 14.1. The summed E-state index contributed by atoms with van der Waals surface area (Å²) < 4.78 is 0. The molecule has 0 saturated heterocycles. The van der Waals surface area contributed by atoms with Crippen molar-refractivity contribution in [3.8, 4) is 0 Å². The Bertz CT molecular complexity index is 567. The first-order chi connectivity index (χ1) is 9.21. The van der Waals surface area contributed by atoms with Crippen LogP contribution in [0.3, 0.4) is 0 Å². The third-order valence-electron chi connectivity index (χ3n) is 4.46. The second-order valence-corrected chi connectivity index (χ2v) is 5.71. The molecular formula is C17H21NO. The SMILES string of the molecule is N[C@H](c1cccc2ccccc12)C1(O)CCCCC1. The fourth-order valence-electron chi connectivity index (χ4n) is 3.29. The summed E-state index contributed by atoms with van der Waals surface area (Å²) in [4.78, 5) is 0. The highest BCUT2D eigenvalue weighted by atomic mass is 16.3. The van der Waals surface area contributed by atoms with Gasteiger partial charge in [0.2, 0.25) is 0 Å². The molecule has 3 N–H and O–H groups in total. The third-order valence-corrected chi connectivity index (χ3v) is 4.46. The molecule has 19 heavy (non-hydrogen) atoms. The van der Waals surface area contributed by atoms with E-state index < -0.39 is 5.60 Å². The van der Waals surface area contributed by atoms with E-state index in [1.807, 2.05) is 18.2 Å². The van der Waals surface area contributed by atoms with E-state index in [0.717, 1.165) is 36.6 Å². The van der Waals surface area contributed by atoms with Gasteiger partial charge in [-0.05, 0) is 29.2 Å². The lowest BCUT2D eigenvalue weighted by Crippen LogP contribution is -2.42.